The number of para-hydroxylation sites is 1. The van der Waals surface area contributed by atoms with Crippen LogP contribution in [0.25, 0.3) is 10.9 Å². The molecule has 3 rings (SSSR count). The third-order valence-electron chi connectivity index (χ3n) is 4.08. The highest BCUT2D eigenvalue weighted by Crippen LogP contribution is 2.28. The van der Waals surface area contributed by atoms with Crippen LogP contribution in [0.3, 0.4) is 0 Å². The molecule has 7 heteroatoms. The third kappa shape index (κ3) is 5.12. The fraction of sp³-hybridized carbons (Fsp3) is 0.238. The second kappa shape index (κ2) is 8.91. The number of hydrogen-bond donors (Lipinski definition) is 2. The molecule has 2 N–H and O–H groups in total. The molecular formula is C21H23ClN4O2. The number of ether oxygens (including phenoxy) is 1. The molecule has 0 spiro atoms. The van der Waals surface area contributed by atoms with E-state index in [-0.39, 0.29) is 6.03 Å². The van der Waals surface area contributed by atoms with E-state index in [0.29, 0.717) is 28.8 Å². The van der Waals surface area contributed by atoms with Crippen LogP contribution >= 0.6 is 11.6 Å². The lowest BCUT2D eigenvalue weighted by Crippen LogP contribution is -2.20. The summed E-state index contributed by atoms with van der Waals surface area (Å²) in [7, 11) is 3.94. The van der Waals surface area contributed by atoms with Gasteiger partial charge in [0.25, 0.3) is 0 Å². The monoisotopic (exact) mass is 398 g/mol. The van der Waals surface area contributed by atoms with Crippen LogP contribution in [0.4, 0.5) is 16.2 Å². The van der Waals surface area contributed by atoms with E-state index in [0.717, 1.165) is 23.1 Å². The molecule has 0 bridgehead atoms. The molecule has 0 unspecified atom stereocenters. The molecule has 0 aliphatic heterocycles. The second-order valence-corrected chi connectivity index (χ2v) is 7.11. The molecule has 0 saturated heterocycles. The number of hydrogen-bond acceptors (Lipinski definition) is 4. The number of benzene rings is 2. The van der Waals surface area contributed by atoms with Crippen LogP contribution in [0.15, 0.2) is 48.5 Å². The highest BCUT2D eigenvalue weighted by molar-refractivity contribution is 6.32. The highest BCUT2D eigenvalue weighted by atomic mass is 35.5. The van der Waals surface area contributed by atoms with E-state index < -0.39 is 0 Å². The van der Waals surface area contributed by atoms with Crippen molar-refractivity contribution in [1.82, 2.24) is 9.88 Å². The number of nitrogens with zero attached hydrogens (tertiary/aromatic N) is 2. The highest BCUT2D eigenvalue weighted by Gasteiger charge is 2.10. The Bertz CT molecular complexity index is 991. The van der Waals surface area contributed by atoms with Gasteiger partial charge in [0.05, 0.1) is 16.2 Å². The Morgan fingerprint density at radius 3 is 2.71 bits per heavy atom. The van der Waals surface area contributed by atoms with Crippen molar-refractivity contribution in [2.24, 2.45) is 0 Å². The van der Waals surface area contributed by atoms with E-state index in [1.54, 1.807) is 18.2 Å². The van der Waals surface area contributed by atoms with E-state index >= 15 is 0 Å². The average molecular weight is 399 g/mol. The summed E-state index contributed by atoms with van der Waals surface area (Å²) in [6.07, 6.45) is 0. The van der Waals surface area contributed by atoms with Crippen LogP contribution in [-0.2, 0) is 0 Å². The van der Waals surface area contributed by atoms with Gasteiger partial charge in [0.1, 0.15) is 12.4 Å². The molecule has 1 heterocycles. The minimum absolute atomic E-state index is 0.350. The first-order valence-corrected chi connectivity index (χ1v) is 9.31. The Hall–Kier alpha value is -2.83. The van der Waals surface area contributed by atoms with E-state index in [1.807, 2.05) is 56.3 Å². The van der Waals surface area contributed by atoms with E-state index in [1.165, 1.54) is 0 Å². The standard InChI is InChI=1S/C21H23ClN4O2/c1-14-12-19(16-6-4-5-7-18(16)23-14)25-21(27)24-15-8-9-17(22)20(13-15)28-11-10-26(2)3/h4-9,12-13H,10-11H2,1-3H3,(H2,23,24,25,27). The van der Waals surface area contributed by atoms with Crippen LogP contribution in [0.1, 0.15) is 5.69 Å². The number of rotatable bonds is 6. The van der Waals surface area contributed by atoms with Crippen molar-refractivity contribution in [3.8, 4) is 5.75 Å². The Morgan fingerprint density at radius 2 is 1.93 bits per heavy atom. The van der Waals surface area contributed by atoms with Crippen molar-refractivity contribution in [3.63, 3.8) is 0 Å². The average Bonchev–Trinajstić information content (AvgIpc) is 2.64. The summed E-state index contributed by atoms with van der Waals surface area (Å²) in [5.41, 5.74) is 2.96. The molecule has 0 fully saturated rings. The molecule has 146 valence electrons. The Morgan fingerprint density at radius 1 is 1.14 bits per heavy atom. The van der Waals surface area contributed by atoms with E-state index in [2.05, 4.69) is 15.6 Å². The third-order valence-corrected chi connectivity index (χ3v) is 4.39. The number of urea groups is 1. The zero-order chi connectivity index (χ0) is 20.1. The minimum atomic E-state index is -0.350. The summed E-state index contributed by atoms with van der Waals surface area (Å²) in [6.45, 7) is 3.17. The van der Waals surface area contributed by atoms with E-state index in [4.69, 9.17) is 16.3 Å². The van der Waals surface area contributed by atoms with Crippen LogP contribution in [0.5, 0.6) is 5.75 Å². The number of likely N-dealkylation sites (N-methyl/N-ethyl adjacent to an activating group) is 1. The topological polar surface area (TPSA) is 66.5 Å². The number of fused-ring (bicyclic) bond motifs is 1. The van der Waals surface area contributed by atoms with Crippen LogP contribution in [-0.4, -0.2) is 43.2 Å². The summed E-state index contributed by atoms with van der Waals surface area (Å²) >= 11 is 6.19. The molecule has 6 nitrogen and oxygen atoms in total. The van der Waals surface area contributed by atoms with Gasteiger partial charge in [-0.05, 0) is 45.3 Å². The zero-order valence-corrected chi connectivity index (χ0v) is 16.9. The van der Waals surface area contributed by atoms with Gasteiger partial charge in [-0.25, -0.2) is 4.79 Å². The number of pyridine rings is 1. The minimum Gasteiger partial charge on any atom is -0.491 e. The van der Waals surface area contributed by atoms with Gasteiger partial charge in [-0.15, -0.1) is 0 Å². The van der Waals surface area contributed by atoms with Crippen molar-refractivity contribution >= 4 is 39.9 Å². The molecule has 3 aromatic rings. The van der Waals surface area contributed by atoms with Crippen molar-refractivity contribution in [1.29, 1.82) is 0 Å². The van der Waals surface area contributed by atoms with Gasteiger partial charge in [-0.1, -0.05) is 29.8 Å². The molecule has 1 aromatic heterocycles. The van der Waals surface area contributed by atoms with Crippen molar-refractivity contribution < 1.29 is 9.53 Å². The van der Waals surface area contributed by atoms with Gasteiger partial charge in [0.15, 0.2) is 0 Å². The number of amides is 2. The SMILES string of the molecule is Cc1cc(NC(=O)Nc2ccc(Cl)c(OCCN(C)C)c2)c2ccccc2n1. The van der Waals surface area contributed by atoms with Crippen molar-refractivity contribution in [2.45, 2.75) is 6.92 Å². The maximum absolute atomic E-state index is 12.5. The lowest BCUT2D eigenvalue weighted by Gasteiger charge is -2.14. The fourth-order valence-electron chi connectivity index (χ4n) is 2.73. The summed E-state index contributed by atoms with van der Waals surface area (Å²) in [4.78, 5) is 19.0. The van der Waals surface area contributed by atoms with Crippen LogP contribution in [0, 0.1) is 6.92 Å². The van der Waals surface area contributed by atoms with Crippen molar-refractivity contribution in [2.75, 3.05) is 37.9 Å². The number of carbonyl (C=O) groups is 1. The smallest absolute Gasteiger partial charge is 0.323 e. The molecular weight excluding hydrogens is 376 g/mol. The summed E-state index contributed by atoms with van der Waals surface area (Å²) in [5, 5.41) is 7.10. The number of carbonyl (C=O) groups excluding carboxylic acids is 1. The first kappa shape index (κ1) is 19.9. The largest absolute Gasteiger partial charge is 0.491 e. The van der Waals surface area contributed by atoms with Gasteiger partial charge in [0.2, 0.25) is 0 Å². The molecule has 0 atom stereocenters. The molecule has 0 radical (unpaired) electrons. The molecule has 0 saturated carbocycles. The molecule has 0 aliphatic carbocycles. The maximum atomic E-state index is 12.5. The first-order chi connectivity index (χ1) is 13.4. The molecule has 2 amide bonds. The second-order valence-electron chi connectivity index (χ2n) is 6.70. The lowest BCUT2D eigenvalue weighted by molar-refractivity contribution is 0.261. The predicted octanol–water partition coefficient (Wildman–Crippen LogP) is 4.78. The van der Waals surface area contributed by atoms with Gasteiger partial charge in [-0.2, -0.15) is 0 Å². The molecule has 0 aliphatic rings. The Kier molecular flexibility index (Phi) is 6.34. The normalized spacial score (nSPS) is 10.9. The predicted molar refractivity (Wildman–Crippen MR) is 115 cm³/mol. The summed E-state index contributed by atoms with van der Waals surface area (Å²) in [6, 6.07) is 14.3. The number of aryl methyl sites for hydroxylation is 1. The number of anilines is 2. The quantitative estimate of drug-likeness (QED) is 0.627. The first-order valence-electron chi connectivity index (χ1n) is 8.94. The number of aromatic nitrogens is 1. The van der Waals surface area contributed by atoms with Gasteiger partial charge in [-0.3, -0.25) is 4.98 Å². The van der Waals surface area contributed by atoms with Gasteiger partial charge < -0.3 is 20.3 Å². The Balaban J connectivity index is 1.72. The van der Waals surface area contributed by atoms with Crippen LogP contribution < -0.4 is 15.4 Å². The van der Waals surface area contributed by atoms with Crippen LogP contribution in [0.2, 0.25) is 5.02 Å². The van der Waals surface area contributed by atoms with E-state index in [9.17, 15) is 4.79 Å². The maximum Gasteiger partial charge on any atom is 0.323 e. The lowest BCUT2D eigenvalue weighted by atomic mass is 10.1. The van der Waals surface area contributed by atoms with Gasteiger partial charge in [0, 0.05) is 29.4 Å². The fourth-order valence-corrected chi connectivity index (χ4v) is 2.90. The summed E-state index contributed by atoms with van der Waals surface area (Å²) in [5.74, 6) is 0.534. The molecule has 2 aromatic carbocycles. The Labute approximate surface area is 169 Å². The number of nitrogens with one attached hydrogen (secondary N) is 2. The molecule has 28 heavy (non-hydrogen) atoms. The zero-order valence-electron chi connectivity index (χ0n) is 16.1. The number of halogens is 1. The van der Waals surface area contributed by atoms with Gasteiger partial charge >= 0.3 is 6.03 Å². The van der Waals surface area contributed by atoms with Crippen molar-refractivity contribution in [3.05, 3.63) is 59.2 Å². The summed E-state index contributed by atoms with van der Waals surface area (Å²) < 4.78 is 5.71.